The fraction of sp³-hybridized carbons (Fsp3) is 0.115. The highest BCUT2D eigenvalue weighted by Crippen LogP contribution is 2.62. The van der Waals surface area contributed by atoms with Gasteiger partial charge in [0.15, 0.2) is 0 Å². The van der Waals surface area contributed by atoms with E-state index < -0.39 is 5.41 Å². The Kier molecular flexibility index (Phi) is 7.57. The molecule has 1 nitrogen and oxygen atoms in total. The second-order valence-corrected chi connectivity index (χ2v) is 19.9. The van der Waals surface area contributed by atoms with Crippen LogP contribution in [0.5, 0.6) is 0 Å². The van der Waals surface area contributed by atoms with E-state index in [1.165, 1.54) is 98.1 Å². The molecule has 13 rings (SSSR count). The van der Waals surface area contributed by atoms with E-state index in [0.29, 0.717) is 0 Å². The van der Waals surface area contributed by atoms with Gasteiger partial charge < -0.3 is 4.90 Å². The zero-order valence-electron chi connectivity index (χ0n) is 35.9. The maximum atomic E-state index is 2.50. The predicted octanol–water partition coefficient (Wildman–Crippen LogP) is 16.5. The van der Waals surface area contributed by atoms with Gasteiger partial charge in [0.2, 0.25) is 0 Å². The molecule has 63 heavy (non-hydrogen) atoms. The fourth-order valence-electron chi connectivity index (χ4n) is 12.0. The first-order valence-electron chi connectivity index (χ1n) is 22.3. The summed E-state index contributed by atoms with van der Waals surface area (Å²) in [5, 5.41) is 2.63. The van der Waals surface area contributed by atoms with E-state index in [2.05, 4.69) is 233 Å². The third kappa shape index (κ3) is 4.93. The van der Waals surface area contributed by atoms with Gasteiger partial charge in [-0.3, -0.25) is 0 Å². The molecular formula is C61H45NS. The lowest BCUT2D eigenvalue weighted by Crippen LogP contribution is -2.40. The average molecular weight is 824 g/mol. The second-order valence-electron chi connectivity index (χ2n) is 18.8. The summed E-state index contributed by atoms with van der Waals surface area (Å²) in [6, 6.07) is 75.9. The van der Waals surface area contributed by atoms with Crippen LogP contribution in [0.4, 0.5) is 17.1 Å². The molecule has 2 heteroatoms. The van der Waals surface area contributed by atoms with Crippen LogP contribution < -0.4 is 4.90 Å². The quantitative estimate of drug-likeness (QED) is 0.171. The molecule has 0 saturated heterocycles. The minimum absolute atomic E-state index is 0.105. The molecule has 0 atom stereocenters. The largest absolute Gasteiger partial charge is 0.310 e. The zero-order valence-corrected chi connectivity index (χ0v) is 36.7. The van der Waals surface area contributed by atoms with Gasteiger partial charge in [0.1, 0.15) is 0 Å². The number of benzene rings is 9. The molecule has 1 heterocycles. The first kappa shape index (κ1) is 36.6. The Bertz CT molecular complexity index is 3480. The lowest BCUT2D eigenvalue weighted by atomic mass is 9.55. The number of rotatable bonds is 4. The van der Waals surface area contributed by atoms with Gasteiger partial charge in [-0.05, 0) is 126 Å². The van der Waals surface area contributed by atoms with Gasteiger partial charge in [-0.25, -0.2) is 0 Å². The summed E-state index contributed by atoms with van der Waals surface area (Å²) in [6.07, 6.45) is 0. The molecular weight excluding hydrogens is 779 g/mol. The second kappa shape index (κ2) is 13.0. The molecule has 0 amide bonds. The van der Waals surface area contributed by atoms with Gasteiger partial charge >= 0.3 is 0 Å². The summed E-state index contributed by atoms with van der Waals surface area (Å²) in [5.41, 5.74) is 21.6. The minimum Gasteiger partial charge on any atom is -0.310 e. The number of anilines is 3. The number of nitrogens with zero attached hydrogens (tertiary/aromatic N) is 1. The summed E-state index contributed by atoms with van der Waals surface area (Å²) in [6.45, 7) is 9.52. The number of hydrogen-bond donors (Lipinski definition) is 0. The highest BCUT2D eigenvalue weighted by atomic mass is 32.1. The van der Waals surface area contributed by atoms with Crippen molar-refractivity contribution in [2.45, 2.75) is 43.9 Å². The molecule has 1 spiro atoms. The molecule has 10 aromatic rings. The third-order valence-electron chi connectivity index (χ3n) is 15.0. The normalized spacial score (nSPS) is 15.4. The summed E-state index contributed by atoms with van der Waals surface area (Å²) < 4.78 is 2.62. The zero-order chi connectivity index (χ0) is 42.2. The van der Waals surface area contributed by atoms with Gasteiger partial charge in [-0.1, -0.05) is 179 Å². The Labute approximate surface area is 373 Å². The van der Waals surface area contributed by atoms with Crippen molar-refractivity contribution in [1.82, 2.24) is 0 Å². The fourth-order valence-corrected chi connectivity index (χ4v) is 13.1. The molecule has 0 N–H and O–H groups in total. The molecule has 3 aliphatic carbocycles. The van der Waals surface area contributed by atoms with Gasteiger partial charge in [0, 0.05) is 48.1 Å². The smallest absolute Gasteiger partial charge is 0.0719 e. The van der Waals surface area contributed by atoms with Crippen molar-refractivity contribution in [3.8, 4) is 33.4 Å². The van der Waals surface area contributed by atoms with E-state index in [0.717, 1.165) is 17.1 Å². The molecule has 9 aromatic carbocycles. The van der Waals surface area contributed by atoms with Gasteiger partial charge in [0.05, 0.1) is 5.41 Å². The molecule has 0 unspecified atom stereocenters. The molecule has 0 bridgehead atoms. The molecule has 0 fully saturated rings. The minimum atomic E-state index is -0.423. The highest BCUT2D eigenvalue weighted by Gasteiger charge is 2.53. The lowest BCUT2D eigenvalue weighted by Gasteiger charge is -2.46. The Morgan fingerprint density at radius 2 is 0.794 bits per heavy atom. The first-order chi connectivity index (χ1) is 30.7. The number of hydrogen-bond acceptors (Lipinski definition) is 2. The van der Waals surface area contributed by atoms with E-state index in [1.54, 1.807) is 0 Å². The third-order valence-corrected chi connectivity index (χ3v) is 16.1. The summed E-state index contributed by atoms with van der Waals surface area (Å²) in [4.78, 5) is 2.46. The van der Waals surface area contributed by atoms with Crippen molar-refractivity contribution in [3.05, 3.63) is 245 Å². The average Bonchev–Trinajstić information content (AvgIpc) is 3.92. The van der Waals surface area contributed by atoms with Crippen molar-refractivity contribution in [3.63, 3.8) is 0 Å². The van der Waals surface area contributed by atoms with E-state index >= 15 is 0 Å². The highest BCUT2D eigenvalue weighted by molar-refractivity contribution is 7.25. The SMILES string of the molecule is CC1(C)c2ccccc2-c2ccc(N(c3ccc(-c4ccc5c(c4)C4(c6ccccc6-5)c5ccccc5C(C)(C)c5ccccc54)cc3)c3ccc4c(c3)sc3ccccc34)cc21. The Morgan fingerprint density at radius 3 is 1.52 bits per heavy atom. The van der Waals surface area contributed by atoms with E-state index in [-0.39, 0.29) is 10.8 Å². The van der Waals surface area contributed by atoms with Crippen LogP contribution in [0.3, 0.4) is 0 Å². The van der Waals surface area contributed by atoms with Crippen LogP contribution in [0, 0.1) is 0 Å². The van der Waals surface area contributed by atoms with Gasteiger partial charge in [0.25, 0.3) is 0 Å². The maximum Gasteiger partial charge on any atom is 0.0719 e. The molecule has 300 valence electrons. The Balaban J connectivity index is 0.969. The summed E-state index contributed by atoms with van der Waals surface area (Å²) in [7, 11) is 0. The lowest BCUT2D eigenvalue weighted by molar-refractivity contribution is 0.563. The molecule has 1 aromatic heterocycles. The Morgan fingerprint density at radius 1 is 0.317 bits per heavy atom. The van der Waals surface area contributed by atoms with Crippen molar-refractivity contribution in [1.29, 1.82) is 0 Å². The monoisotopic (exact) mass is 823 g/mol. The van der Waals surface area contributed by atoms with Gasteiger partial charge in [-0.2, -0.15) is 0 Å². The van der Waals surface area contributed by atoms with Crippen LogP contribution in [0.1, 0.15) is 72.2 Å². The van der Waals surface area contributed by atoms with Crippen molar-refractivity contribution >= 4 is 48.6 Å². The number of thiophene rings is 1. The Hall–Kier alpha value is -7.00. The van der Waals surface area contributed by atoms with Crippen molar-refractivity contribution in [2.24, 2.45) is 0 Å². The van der Waals surface area contributed by atoms with Crippen LogP contribution in [0.25, 0.3) is 53.6 Å². The summed E-state index contributed by atoms with van der Waals surface area (Å²) >= 11 is 1.87. The van der Waals surface area contributed by atoms with Crippen LogP contribution in [0.2, 0.25) is 0 Å². The maximum absolute atomic E-state index is 2.50. The van der Waals surface area contributed by atoms with Gasteiger partial charge in [-0.15, -0.1) is 11.3 Å². The molecule has 0 radical (unpaired) electrons. The topological polar surface area (TPSA) is 3.24 Å². The number of fused-ring (bicyclic) bond motifs is 15. The van der Waals surface area contributed by atoms with Crippen molar-refractivity contribution < 1.29 is 0 Å². The molecule has 3 aliphatic rings. The van der Waals surface area contributed by atoms with Crippen LogP contribution in [-0.2, 0) is 16.2 Å². The summed E-state index contributed by atoms with van der Waals surface area (Å²) in [5.74, 6) is 0. The first-order valence-corrected chi connectivity index (χ1v) is 23.1. The molecule has 0 saturated carbocycles. The van der Waals surface area contributed by atoms with Crippen LogP contribution in [0.15, 0.2) is 200 Å². The standard InChI is InChI=1S/C61H45NS/c1-59(2)49-18-8-5-15-43(49)45-33-30-41(36-55(45)59)62(42-31-34-48-47-17-7-14-24-57(47)63-58(48)37-42)40-28-25-38(26-29-40)39-27-32-46-44-16-6-9-19-50(44)61(56(46)35-39)53-22-12-10-20-51(53)60(3,4)52-21-11-13-23-54(52)61/h5-37H,1-4H3. The van der Waals surface area contributed by atoms with Crippen LogP contribution in [-0.4, -0.2) is 0 Å². The van der Waals surface area contributed by atoms with Crippen LogP contribution >= 0.6 is 11.3 Å². The van der Waals surface area contributed by atoms with E-state index in [4.69, 9.17) is 0 Å². The molecule has 0 aliphatic heterocycles. The van der Waals surface area contributed by atoms with E-state index in [9.17, 15) is 0 Å². The van der Waals surface area contributed by atoms with Crippen molar-refractivity contribution in [2.75, 3.05) is 4.90 Å². The van der Waals surface area contributed by atoms with E-state index in [1.807, 2.05) is 11.3 Å². The predicted molar refractivity (Wildman–Crippen MR) is 266 cm³/mol.